The van der Waals surface area contributed by atoms with E-state index in [0.717, 1.165) is 17.8 Å². The molecule has 20 heavy (non-hydrogen) atoms. The van der Waals surface area contributed by atoms with Crippen molar-refractivity contribution in [3.63, 3.8) is 0 Å². The smallest absolute Gasteiger partial charge is 0.350 e. The van der Waals surface area contributed by atoms with Crippen molar-refractivity contribution in [2.45, 2.75) is 26.9 Å². The van der Waals surface area contributed by atoms with Gasteiger partial charge in [0, 0.05) is 17.1 Å². The molecule has 0 aliphatic heterocycles. The lowest BCUT2D eigenvalue weighted by Crippen LogP contribution is -2.20. The van der Waals surface area contributed by atoms with Gasteiger partial charge in [-0.2, -0.15) is 13.2 Å². The van der Waals surface area contributed by atoms with Crippen LogP contribution in [0.4, 0.5) is 13.2 Å². The first-order valence-electron chi connectivity index (χ1n) is 6.06. The van der Waals surface area contributed by atoms with Crippen LogP contribution in [0.3, 0.4) is 0 Å². The van der Waals surface area contributed by atoms with Gasteiger partial charge in [0.2, 0.25) is 0 Å². The van der Waals surface area contributed by atoms with Gasteiger partial charge in [-0.15, -0.1) is 11.6 Å². The molecule has 112 valence electrons. The van der Waals surface area contributed by atoms with Crippen LogP contribution in [-0.4, -0.2) is 10.9 Å². The van der Waals surface area contributed by atoms with Gasteiger partial charge >= 0.3 is 6.18 Å². The summed E-state index contributed by atoms with van der Waals surface area (Å²) in [6.45, 7) is 5.78. The first-order chi connectivity index (χ1) is 9.34. The van der Waals surface area contributed by atoms with Gasteiger partial charge in [-0.05, 0) is 19.1 Å². The van der Waals surface area contributed by atoms with Crippen molar-refractivity contribution in [3.8, 4) is 0 Å². The average molecular weight is 324 g/mol. The molecule has 0 bridgehead atoms. The SMILES string of the molecule is C/C(=C\CCl)NC(=S)c1ccc(C(F)(F)F)cc1.CC. The molecule has 0 heterocycles. The summed E-state index contributed by atoms with van der Waals surface area (Å²) in [7, 11) is 0. The number of thiocarbonyl (C=S) groups is 1. The zero-order valence-corrected chi connectivity index (χ0v) is 13.1. The molecule has 0 spiro atoms. The highest BCUT2D eigenvalue weighted by Gasteiger charge is 2.30. The van der Waals surface area contributed by atoms with Crippen LogP contribution < -0.4 is 5.32 Å². The summed E-state index contributed by atoms with van der Waals surface area (Å²) < 4.78 is 37.1. The van der Waals surface area contributed by atoms with Crippen molar-refractivity contribution in [3.05, 3.63) is 47.2 Å². The molecule has 0 aromatic heterocycles. The van der Waals surface area contributed by atoms with Crippen LogP contribution in [0.5, 0.6) is 0 Å². The Morgan fingerprint density at radius 2 is 1.75 bits per heavy atom. The van der Waals surface area contributed by atoms with Gasteiger partial charge in [0.25, 0.3) is 0 Å². The molecule has 1 aromatic carbocycles. The summed E-state index contributed by atoms with van der Waals surface area (Å²) in [5, 5.41) is 2.88. The summed E-state index contributed by atoms with van der Waals surface area (Å²) in [5.74, 6) is 0.342. The summed E-state index contributed by atoms with van der Waals surface area (Å²) in [4.78, 5) is 0.364. The van der Waals surface area contributed by atoms with Gasteiger partial charge in [-0.3, -0.25) is 0 Å². The average Bonchev–Trinajstić information content (AvgIpc) is 2.40. The highest BCUT2D eigenvalue weighted by molar-refractivity contribution is 7.80. The standard InChI is InChI=1S/C12H11ClF3NS.C2H6/c1-8(6-7-13)17-11(18)9-2-4-10(5-3-9)12(14,15)16;1-2/h2-6H,7H2,1H3,(H,17,18);1-2H3/b8-6+;. The van der Waals surface area contributed by atoms with Crippen LogP contribution in [0, 0.1) is 0 Å². The van der Waals surface area contributed by atoms with E-state index in [1.165, 1.54) is 12.1 Å². The van der Waals surface area contributed by atoms with E-state index in [9.17, 15) is 13.2 Å². The third-order valence-electron chi connectivity index (χ3n) is 2.17. The molecule has 1 aromatic rings. The molecule has 1 N–H and O–H groups in total. The van der Waals surface area contributed by atoms with Crippen LogP contribution in [0.2, 0.25) is 0 Å². The highest BCUT2D eigenvalue weighted by Crippen LogP contribution is 2.29. The Morgan fingerprint density at radius 1 is 1.25 bits per heavy atom. The number of nitrogens with one attached hydrogen (secondary N) is 1. The predicted octanol–water partition coefficient (Wildman–Crippen LogP) is 5.14. The van der Waals surface area contributed by atoms with E-state index in [-0.39, 0.29) is 0 Å². The third-order valence-corrected chi connectivity index (χ3v) is 2.66. The van der Waals surface area contributed by atoms with E-state index in [4.69, 9.17) is 23.8 Å². The molecule has 0 unspecified atom stereocenters. The van der Waals surface area contributed by atoms with Gasteiger partial charge in [0.15, 0.2) is 0 Å². The topological polar surface area (TPSA) is 12.0 Å². The molecule has 0 atom stereocenters. The maximum Gasteiger partial charge on any atom is 0.416 e. The zero-order chi connectivity index (χ0) is 15.8. The van der Waals surface area contributed by atoms with Crippen molar-refractivity contribution in [1.29, 1.82) is 0 Å². The maximum atomic E-state index is 12.4. The number of hydrogen-bond acceptors (Lipinski definition) is 1. The largest absolute Gasteiger partial charge is 0.416 e. The van der Waals surface area contributed by atoms with E-state index >= 15 is 0 Å². The van der Waals surface area contributed by atoms with Crippen molar-refractivity contribution < 1.29 is 13.2 Å². The first kappa shape index (κ1) is 18.9. The number of rotatable bonds is 3. The second-order valence-electron chi connectivity index (χ2n) is 3.57. The summed E-state index contributed by atoms with van der Waals surface area (Å²) in [6.07, 6.45) is -2.61. The molecular formula is C14H17ClF3NS. The van der Waals surface area contributed by atoms with E-state index in [1.807, 2.05) is 13.8 Å². The van der Waals surface area contributed by atoms with Crippen molar-refractivity contribution in [2.24, 2.45) is 0 Å². The summed E-state index contributed by atoms with van der Waals surface area (Å²) in [5.41, 5.74) is 0.595. The lowest BCUT2D eigenvalue weighted by atomic mass is 10.1. The Hall–Kier alpha value is -1.07. The first-order valence-corrected chi connectivity index (χ1v) is 7.00. The van der Waals surface area contributed by atoms with Gasteiger partial charge in [0.1, 0.15) is 4.99 Å². The molecule has 0 saturated heterocycles. The molecule has 0 saturated carbocycles. The summed E-state index contributed by atoms with van der Waals surface area (Å²) >= 11 is 10.6. The quantitative estimate of drug-likeness (QED) is 0.610. The van der Waals surface area contributed by atoms with Crippen LogP contribution in [0.15, 0.2) is 36.0 Å². The van der Waals surface area contributed by atoms with Crippen molar-refractivity contribution >= 4 is 28.8 Å². The fraction of sp³-hybridized carbons (Fsp3) is 0.357. The van der Waals surface area contributed by atoms with E-state index in [1.54, 1.807) is 13.0 Å². The fourth-order valence-corrected chi connectivity index (χ4v) is 1.76. The monoisotopic (exact) mass is 323 g/mol. The second-order valence-corrected chi connectivity index (χ2v) is 4.29. The minimum atomic E-state index is -4.33. The highest BCUT2D eigenvalue weighted by atomic mass is 35.5. The number of hydrogen-bond donors (Lipinski definition) is 1. The minimum Gasteiger partial charge on any atom is -0.350 e. The third kappa shape index (κ3) is 6.39. The molecule has 0 radical (unpaired) electrons. The van der Waals surface area contributed by atoms with Crippen LogP contribution in [-0.2, 0) is 6.18 Å². The molecule has 0 amide bonds. The van der Waals surface area contributed by atoms with Gasteiger partial charge < -0.3 is 5.32 Å². The molecule has 0 fully saturated rings. The van der Waals surface area contributed by atoms with Gasteiger partial charge in [-0.1, -0.05) is 44.3 Å². The van der Waals surface area contributed by atoms with Crippen LogP contribution >= 0.6 is 23.8 Å². The Labute approximate surface area is 127 Å². The lowest BCUT2D eigenvalue weighted by molar-refractivity contribution is -0.137. The Morgan fingerprint density at radius 3 is 2.15 bits per heavy atom. The van der Waals surface area contributed by atoms with Crippen LogP contribution in [0.1, 0.15) is 31.9 Å². The molecule has 6 heteroatoms. The predicted molar refractivity (Wildman–Crippen MR) is 82.1 cm³/mol. The number of alkyl halides is 4. The Balaban J connectivity index is 0.00000172. The van der Waals surface area contributed by atoms with Crippen molar-refractivity contribution in [1.82, 2.24) is 5.32 Å². The normalized spacial score (nSPS) is 11.4. The number of benzene rings is 1. The second kappa shape index (κ2) is 8.97. The number of halogens is 4. The van der Waals surface area contributed by atoms with Gasteiger partial charge in [-0.25, -0.2) is 0 Å². The van der Waals surface area contributed by atoms with Crippen molar-refractivity contribution in [2.75, 3.05) is 5.88 Å². The van der Waals surface area contributed by atoms with Crippen LogP contribution in [0.25, 0.3) is 0 Å². The molecular weight excluding hydrogens is 307 g/mol. The van der Waals surface area contributed by atoms with E-state index < -0.39 is 11.7 Å². The minimum absolute atomic E-state index is 0.342. The molecule has 1 nitrogen and oxygen atoms in total. The van der Waals surface area contributed by atoms with E-state index in [2.05, 4.69) is 5.32 Å². The molecule has 0 aliphatic carbocycles. The molecule has 1 rings (SSSR count). The number of allylic oxidation sites excluding steroid dienone is 2. The fourth-order valence-electron chi connectivity index (χ4n) is 1.23. The molecule has 0 aliphatic rings. The maximum absolute atomic E-state index is 12.4. The van der Waals surface area contributed by atoms with E-state index in [0.29, 0.717) is 16.4 Å². The van der Waals surface area contributed by atoms with Gasteiger partial charge in [0.05, 0.1) is 5.56 Å². The Bertz CT molecular complexity index is 452. The lowest BCUT2D eigenvalue weighted by Gasteiger charge is -2.10. The zero-order valence-electron chi connectivity index (χ0n) is 11.5. The Kier molecular flexibility index (Phi) is 8.49. The summed E-state index contributed by atoms with van der Waals surface area (Å²) in [6, 6.07) is 4.69.